The monoisotopic (exact) mass is 331 g/mol. The van der Waals surface area contributed by atoms with Crippen molar-refractivity contribution in [2.75, 3.05) is 0 Å². The molecule has 0 saturated heterocycles. The van der Waals surface area contributed by atoms with Gasteiger partial charge >= 0.3 is 5.97 Å². The van der Waals surface area contributed by atoms with E-state index < -0.39 is 16.0 Å². The van der Waals surface area contributed by atoms with E-state index in [1.165, 1.54) is 22.8 Å². The van der Waals surface area contributed by atoms with Gasteiger partial charge in [0.25, 0.3) is 0 Å². The summed E-state index contributed by atoms with van der Waals surface area (Å²) < 4.78 is 26.9. The smallest absolute Gasteiger partial charge is 0.345 e. The first kappa shape index (κ1) is 15.2. The van der Waals surface area contributed by atoms with Crippen LogP contribution < -0.4 is 4.72 Å². The van der Waals surface area contributed by atoms with Crippen molar-refractivity contribution in [3.05, 3.63) is 38.2 Å². The van der Waals surface area contributed by atoms with Crippen molar-refractivity contribution in [2.24, 2.45) is 0 Å². The molecule has 1 atom stereocenters. The Bertz CT molecular complexity index is 729. The lowest BCUT2D eigenvalue weighted by Crippen LogP contribution is -2.26. The maximum absolute atomic E-state index is 12.2. The largest absolute Gasteiger partial charge is 0.477 e. The zero-order chi connectivity index (χ0) is 14.9. The van der Waals surface area contributed by atoms with E-state index in [0.717, 1.165) is 21.1 Å². The lowest BCUT2D eigenvalue weighted by atomic mass is 10.3. The summed E-state index contributed by atoms with van der Waals surface area (Å²) in [6, 6.07) is 4.62. The maximum atomic E-state index is 12.2. The van der Waals surface area contributed by atoms with E-state index in [1.54, 1.807) is 6.92 Å². The van der Waals surface area contributed by atoms with Crippen molar-refractivity contribution < 1.29 is 18.3 Å². The van der Waals surface area contributed by atoms with Gasteiger partial charge in [-0.2, -0.15) is 0 Å². The SMILES string of the molecule is Cc1ccc(C(C)NS(=O)(=O)c2csc(C(=O)O)c2)s1. The van der Waals surface area contributed by atoms with Crippen molar-refractivity contribution in [3.63, 3.8) is 0 Å². The molecule has 0 bridgehead atoms. The minimum Gasteiger partial charge on any atom is -0.477 e. The van der Waals surface area contributed by atoms with Crippen LogP contribution in [0.1, 0.15) is 32.4 Å². The van der Waals surface area contributed by atoms with Crippen molar-refractivity contribution in [1.82, 2.24) is 4.72 Å². The summed E-state index contributed by atoms with van der Waals surface area (Å²) in [6.07, 6.45) is 0. The Labute approximate surface area is 124 Å². The van der Waals surface area contributed by atoms with Crippen molar-refractivity contribution in [2.45, 2.75) is 24.8 Å². The molecule has 0 fully saturated rings. The Morgan fingerprint density at radius 3 is 2.60 bits per heavy atom. The number of hydrogen-bond acceptors (Lipinski definition) is 5. The molecule has 0 spiro atoms. The van der Waals surface area contributed by atoms with Crippen LogP contribution in [0.25, 0.3) is 0 Å². The molecule has 2 N–H and O–H groups in total. The average molecular weight is 331 g/mol. The van der Waals surface area contributed by atoms with E-state index in [-0.39, 0.29) is 15.8 Å². The second kappa shape index (κ2) is 5.65. The topological polar surface area (TPSA) is 83.5 Å². The molecule has 0 radical (unpaired) electrons. The lowest BCUT2D eigenvalue weighted by molar-refractivity contribution is 0.0702. The third-order valence-electron chi connectivity index (χ3n) is 2.62. The van der Waals surface area contributed by atoms with E-state index in [2.05, 4.69) is 4.72 Å². The summed E-state index contributed by atoms with van der Waals surface area (Å²) in [7, 11) is -3.71. The van der Waals surface area contributed by atoms with Gasteiger partial charge in [0.2, 0.25) is 10.0 Å². The predicted molar refractivity (Wildman–Crippen MR) is 79.1 cm³/mol. The molecular formula is C12H13NO4S3. The molecule has 2 aromatic rings. The summed E-state index contributed by atoms with van der Waals surface area (Å²) in [6.45, 7) is 3.71. The Morgan fingerprint density at radius 2 is 2.10 bits per heavy atom. The normalized spacial score (nSPS) is 13.3. The Hall–Kier alpha value is -1.22. The highest BCUT2D eigenvalue weighted by Crippen LogP contribution is 2.25. The number of rotatable bonds is 5. The van der Waals surface area contributed by atoms with E-state index in [1.807, 2.05) is 19.1 Å². The molecule has 2 aromatic heterocycles. The van der Waals surface area contributed by atoms with Gasteiger partial charge in [0.05, 0.1) is 10.9 Å². The number of aromatic carboxylic acids is 1. The highest BCUT2D eigenvalue weighted by molar-refractivity contribution is 7.89. The van der Waals surface area contributed by atoms with Crippen LogP contribution >= 0.6 is 22.7 Å². The van der Waals surface area contributed by atoms with Crippen molar-refractivity contribution in [3.8, 4) is 0 Å². The summed E-state index contributed by atoms with van der Waals surface area (Å²) >= 11 is 2.42. The van der Waals surface area contributed by atoms with Gasteiger partial charge in [0.1, 0.15) is 4.88 Å². The molecule has 108 valence electrons. The number of sulfonamides is 1. The number of hydrogen-bond donors (Lipinski definition) is 2. The standard InChI is InChI=1S/C12H13NO4S3/c1-7-3-4-10(19-7)8(2)13-20(16,17)9-5-11(12(14)15)18-6-9/h3-6,8,13H,1-2H3,(H,14,15). The van der Waals surface area contributed by atoms with Gasteiger partial charge in [-0.15, -0.1) is 22.7 Å². The van der Waals surface area contributed by atoms with Gasteiger partial charge in [-0.1, -0.05) is 0 Å². The van der Waals surface area contributed by atoms with Gasteiger partial charge in [0, 0.05) is 15.1 Å². The van der Waals surface area contributed by atoms with Crippen LogP contribution in [0.2, 0.25) is 0 Å². The molecule has 2 heterocycles. The zero-order valence-electron chi connectivity index (χ0n) is 10.8. The number of aryl methyl sites for hydroxylation is 1. The van der Waals surface area contributed by atoms with Crippen LogP contribution in [0.15, 0.2) is 28.5 Å². The molecule has 1 unspecified atom stereocenters. The first-order chi connectivity index (χ1) is 9.29. The second-order valence-corrected chi connectivity index (χ2v) is 8.19. The van der Waals surface area contributed by atoms with E-state index >= 15 is 0 Å². The van der Waals surface area contributed by atoms with Gasteiger partial charge in [-0.05, 0) is 32.0 Å². The molecule has 8 heteroatoms. The summed E-state index contributed by atoms with van der Waals surface area (Å²) in [5.74, 6) is -1.13. The lowest BCUT2D eigenvalue weighted by Gasteiger charge is -2.11. The summed E-state index contributed by atoms with van der Waals surface area (Å²) in [4.78, 5) is 12.8. The minimum absolute atomic E-state index is 0.00463. The van der Waals surface area contributed by atoms with Crippen molar-refractivity contribution >= 4 is 38.7 Å². The van der Waals surface area contributed by atoms with Crippen LogP contribution in [0.5, 0.6) is 0 Å². The fourth-order valence-corrected chi connectivity index (χ4v) is 4.91. The minimum atomic E-state index is -3.71. The van der Waals surface area contributed by atoms with Gasteiger partial charge < -0.3 is 5.11 Å². The van der Waals surface area contributed by atoms with Crippen LogP contribution in [0.3, 0.4) is 0 Å². The maximum Gasteiger partial charge on any atom is 0.345 e. The van der Waals surface area contributed by atoms with Crippen LogP contribution in [0.4, 0.5) is 0 Å². The molecule has 0 aromatic carbocycles. The Morgan fingerprint density at radius 1 is 1.40 bits per heavy atom. The number of carbonyl (C=O) groups is 1. The third kappa shape index (κ3) is 3.26. The number of thiophene rings is 2. The fourth-order valence-electron chi connectivity index (χ4n) is 1.62. The van der Waals surface area contributed by atoms with Gasteiger partial charge in [-0.3, -0.25) is 0 Å². The first-order valence-electron chi connectivity index (χ1n) is 5.70. The average Bonchev–Trinajstić information content (AvgIpc) is 2.96. The van der Waals surface area contributed by atoms with Gasteiger partial charge in [0.15, 0.2) is 0 Å². The summed E-state index contributed by atoms with van der Waals surface area (Å²) in [5.41, 5.74) is 0. The third-order valence-corrected chi connectivity index (χ3v) is 6.39. The van der Waals surface area contributed by atoms with Crippen LogP contribution in [-0.2, 0) is 10.0 Å². The van der Waals surface area contributed by atoms with E-state index in [0.29, 0.717) is 0 Å². The highest BCUT2D eigenvalue weighted by atomic mass is 32.2. The molecule has 0 saturated carbocycles. The zero-order valence-corrected chi connectivity index (χ0v) is 13.2. The molecule has 0 aliphatic carbocycles. The van der Waals surface area contributed by atoms with Crippen molar-refractivity contribution in [1.29, 1.82) is 0 Å². The molecule has 0 aliphatic rings. The second-order valence-electron chi connectivity index (χ2n) is 4.24. The molecule has 2 rings (SSSR count). The number of carboxylic acid groups (broad SMARTS) is 1. The summed E-state index contributed by atoms with van der Waals surface area (Å²) in [5, 5.41) is 10.2. The van der Waals surface area contributed by atoms with E-state index in [9.17, 15) is 13.2 Å². The quantitative estimate of drug-likeness (QED) is 0.882. The van der Waals surface area contributed by atoms with Crippen LogP contribution in [0, 0.1) is 6.92 Å². The number of nitrogens with one attached hydrogen (secondary N) is 1. The molecular weight excluding hydrogens is 318 g/mol. The first-order valence-corrected chi connectivity index (χ1v) is 8.88. The van der Waals surface area contributed by atoms with Gasteiger partial charge in [-0.25, -0.2) is 17.9 Å². The Kier molecular flexibility index (Phi) is 4.28. The molecule has 5 nitrogen and oxygen atoms in total. The van der Waals surface area contributed by atoms with Crippen LogP contribution in [-0.4, -0.2) is 19.5 Å². The Balaban J connectivity index is 2.20. The fraction of sp³-hybridized carbons (Fsp3) is 0.250. The number of carboxylic acids is 1. The molecule has 0 amide bonds. The molecule has 20 heavy (non-hydrogen) atoms. The predicted octanol–water partition coefficient (Wildman–Crippen LogP) is 2.86. The highest BCUT2D eigenvalue weighted by Gasteiger charge is 2.21. The molecule has 0 aliphatic heterocycles. The van der Waals surface area contributed by atoms with E-state index in [4.69, 9.17) is 5.11 Å².